The number of nitrogens with zero attached hydrogens (tertiary/aromatic N) is 2. The molecule has 0 bridgehead atoms. The maximum Gasteiger partial charge on any atom is 0.248 e. The number of H-pyrrole nitrogens is 1. The zero-order chi connectivity index (χ0) is 24.1. The molecule has 34 heavy (non-hydrogen) atoms. The second-order valence-corrected chi connectivity index (χ2v) is 9.05. The third kappa shape index (κ3) is 6.20. The highest BCUT2D eigenvalue weighted by Gasteiger charge is 2.26. The van der Waals surface area contributed by atoms with Gasteiger partial charge in [0.15, 0.2) is 5.82 Å². The Balaban J connectivity index is 1.38. The molecule has 1 heterocycles. The zero-order valence-electron chi connectivity index (χ0n) is 19.8. The molecule has 2 aromatic carbocycles. The van der Waals surface area contributed by atoms with E-state index in [1.165, 1.54) is 12.8 Å². The van der Waals surface area contributed by atoms with E-state index in [-0.39, 0.29) is 17.7 Å². The van der Waals surface area contributed by atoms with E-state index in [2.05, 4.69) is 20.8 Å². The molecule has 0 radical (unpaired) electrons. The van der Waals surface area contributed by atoms with Crippen LogP contribution in [0.3, 0.4) is 0 Å². The predicted molar refractivity (Wildman–Crippen MR) is 136 cm³/mol. The van der Waals surface area contributed by atoms with Gasteiger partial charge in [-0.2, -0.15) is 5.10 Å². The van der Waals surface area contributed by atoms with Crippen LogP contribution in [0.5, 0.6) is 0 Å². The van der Waals surface area contributed by atoms with Crippen molar-refractivity contribution in [1.82, 2.24) is 15.1 Å². The third-order valence-corrected chi connectivity index (χ3v) is 5.87. The fraction of sp³-hybridized carbons (Fsp3) is 0.296. The van der Waals surface area contributed by atoms with Crippen LogP contribution < -0.4 is 10.6 Å². The van der Waals surface area contributed by atoms with Crippen LogP contribution in [0.2, 0.25) is 0 Å². The number of hydrogen-bond acceptors (Lipinski definition) is 4. The average molecular weight is 458 g/mol. The fourth-order valence-corrected chi connectivity index (χ4v) is 3.68. The van der Waals surface area contributed by atoms with E-state index in [0.29, 0.717) is 18.3 Å². The van der Waals surface area contributed by atoms with Crippen molar-refractivity contribution < 1.29 is 9.59 Å². The molecule has 1 saturated carbocycles. The number of benzene rings is 2. The van der Waals surface area contributed by atoms with Gasteiger partial charge >= 0.3 is 0 Å². The lowest BCUT2D eigenvalue weighted by molar-refractivity contribution is -0.117. The van der Waals surface area contributed by atoms with Crippen molar-refractivity contribution in [3.63, 3.8) is 0 Å². The first-order valence-corrected chi connectivity index (χ1v) is 11.6. The highest BCUT2D eigenvalue weighted by Crippen LogP contribution is 2.39. The molecule has 0 saturated heterocycles. The van der Waals surface area contributed by atoms with Gasteiger partial charge in [0.25, 0.3) is 0 Å². The second-order valence-electron chi connectivity index (χ2n) is 9.05. The van der Waals surface area contributed by atoms with Crippen LogP contribution in [-0.4, -0.2) is 47.6 Å². The van der Waals surface area contributed by atoms with Gasteiger partial charge in [-0.05, 0) is 62.7 Å². The van der Waals surface area contributed by atoms with Crippen molar-refractivity contribution in [3.05, 3.63) is 78.0 Å². The summed E-state index contributed by atoms with van der Waals surface area (Å²) >= 11 is 0. The maximum atomic E-state index is 12.8. The summed E-state index contributed by atoms with van der Waals surface area (Å²) in [6.45, 7) is 2.60. The van der Waals surface area contributed by atoms with Crippen LogP contribution in [0.4, 0.5) is 11.5 Å². The van der Waals surface area contributed by atoms with Crippen molar-refractivity contribution in [2.75, 3.05) is 31.3 Å². The van der Waals surface area contributed by atoms with Gasteiger partial charge in [-0.15, -0.1) is 0 Å². The van der Waals surface area contributed by atoms with E-state index in [1.54, 1.807) is 6.08 Å². The number of likely N-dealkylation sites (N-methyl/N-ethyl adjacent to an activating group) is 1. The summed E-state index contributed by atoms with van der Waals surface area (Å²) in [4.78, 5) is 26.8. The van der Waals surface area contributed by atoms with Gasteiger partial charge < -0.3 is 15.5 Å². The van der Waals surface area contributed by atoms with Gasteiger partial charge in [-0.1, -0.05) is 42.5 Å². The number of nitrogens with one attached hydrogen (secondary N) is 3. The molecule has 1 aliphatic rings. The van der Waals surface area contributed by atoms with Crippen LogP contribution in [0.15, 0.2) is 66.7 Å². The molecular weight excluding hydrogens is 426 g/mol. The van der Waals surface area contributed by atoms with Crippen molar-refractivity contribution in [2.45, 2.75) is 31.6 Å². The van der Waals surface area contributed by atoms with Gasteiger partial charge in [-0.3, -0.25) is 14.7 Å². The fourth-order valence-electron chi connectivity index (χ4n) is 3.68. The van der Waals surface area contributed by atoms with E-state index < -0.39 is 0 Å². The lowest BCUT2D eigenvalue weighted by atomic mass is 9.95. The molecule has 1 fully saturated rings. The van der Waals surface area contributed by atoms with Gasteiger partial charge in [0, 0.05) is 36.0 Å². The molecular formula is C27H31N5O2. The minimum absolute atomic E-state index is 0.0913. The first-order chi connectivity index (χ1) is 16.4. The minimum Gasteiger partial charge on any atom is -0.323 e. The molecule has 7 heteroatoms. The Morgan fingerprint density at radius 2 is 1.85 bits per heavy atom. The van der Waals surface area contributed by atoms with E-state index in [0.717, 1.165) is 28.1 Å². The van der Waals surface area contributed by atoms with E-state index in [4.69, 9.17) is 0 Å². The molecule has 3 N–H and O–H groups in total. The van der Waals surface area contributed by atoms with Gasteiger partial charge in [0.2, 0.25) is 11.8 Å². The normalized spacial score (nSPS) is 14.4. The predicted octanol–water partition coefficient (Wildman–Crippen LogP) is 4.75. The monoisotopic (exact) mass is 457 g/mol. The van der Waals surface area contributed by atoms with Gasteiger partial charge in [-0.25, -0.2) is 0 Å². The number of aromatic nitrogens is 2. The smallest absolute Gasteiger partial charge is 0.248 e. The molecule has 4 rings (SSSR count). The summed E-state index contributed by atoms with van der Waals surface area (Å²) in [6.07, 6.45) is 5.73. The summed E-state index contributed by atoms with van der Waals surface area (Å²) < 4.78 is 0. The third-order valence-electron chi connectivity index (χ3n) is 5.87. The minimum atomic E-state index is -0.325. The molecule has 0 spiro atoms. The maximum absolute atomic E-state index is 12.8. The zero-order valence-corrected chi connectivity index (χ0v) is 19.8. The Kier molecular flexibility index (Phi) is 7.23. The van der Waals surface area contributed by atoms with Crippen molar-refractivity contribution in [3.8, 4) is 11.1 Å². The molecule has 0 aliphatic heterocycles. The number of anilines is 2. The number of rotatable bonds is 9. The largest absolute Gasteiger partial charge is 0.323 e. The molecule has 3 aromatic rings. The Hall–Kier alpha value is -3.71. The van der Waals surface area contributed by atoms with E-state index in [9.17, 15) is 9.59 Å². The van der Waals surface area contributed by atoms with Crippen LogP contribution in [0.1, 0.15) is 42.9 Å². The Labute approximate surface area is 200 Å². The van der Waals surface area contributed by atoms with Crippen molar-refractivity contribution in [2.24, 2.45) is 0 Å². The summed E-state index contributed by atoms with van der Waals surface area (Å²) in [5, 5.41) is 13.0. The molecule has 7 nitrogen and oxygen atoms in total. The van der Waals surface area contributed by atoms with Crippen LogP contribution >= 0.6 is 0 Å². The summed E-state index contributed by atoms with van der Waals surface area (Å²) in [5.74, 6) is 0.563. The van der Waals surface area contributed by atoms with E-state index in [1.807, 2.05) is 86.6 Å². The highest BCUT2D eigenvalue weighted by molar-refractivity contribution is 5.99. The lowest BCUT2D eigenvalue weighted by Crippen LogP contribution is -2.19. The molecule has 1 aromatic heterocycles. The van der Waals surface area contributed by atoms with Crippen LogP contribution in [-0.2, 0) is 9.59 Å². The number of amides is 2. The highest BCUT2D eigenvalue weighted by atomic mass is 16.2. The number of carbonyl (C=O) groups excluding carboxylic acids is 2. The van der Waals surface area contributed by atoms with E-state index >= 15 is 0 Å². The van der Waals surface area contributed by atoms with Gasteiger partial charge in [0.1, 0.15) is 0 Å². The molecule has 2 amide bonds. The SMILES string of the molecule is CC(C(=O)Nc1cc(C2CC2)[nH]n1)c1cccc(-c2ccc(NC(=O)/C=C/CN(C)C)cc2)c1. The Bertz CT molecular complexity index is 1180. The topological polar surface area (TPSA) is 90.1 Å². The first kappa shape index (κ1) is 23.4. The molecule has 1 atom stereocenters. The summed E-state index contributed by atoms with van der Waals surface area (Å²) in [7, 11) is 3.90. The first-order valence-electron chi connectivity index (χ1n) is 11.6. The second kappa shape index (κ2) is 10.5. The average Bonchev–Trinajstić information content (AvgIpc) is 3.57. The molecule has 1 aliphatic carbocycles. The summed E-state index contributed by atoms with van der Waals surface area (Å²) in [5.41, 5.74) is 4.77. The summed E-state index contributed by atoms with van der Waals surface area (Å²) in [6, 6.07) is 17.6. The Morgan fingerprint density at radius 1 is 1.09 bits per heavy atom. The lowest BCUT2D eigenvalue weighted by Gasteiger charge is -2.13. The number of hydrogen-bond donors (Lipinski definition) is 3. The quantitative estimate of drug-likeness (QED) is 0.405. The Morgan fingerprint density at radius 3 is 2.56 bits per heavy atom. The molecule has 176 valence electrons. The van der Waals surface area contributed by atoms with Crippen LogP contribution in [0.25, 0.3) is 11.1 Å². The van der Waals surface area contributed by atoms with Crippen molar-refractivity contribution in [1.29, 1.82) is 0 Å². The number of carbonyl (C=O) groups is 2. The number of aromatic amines is 1. The van der Waals surface area contributed by atoms with Crippen molar-refractivity contribution >= 4 is 23.3 Å². The molecule has 1 unspecified atom stereocenters. The van der Waals surface area contributed by atoms with Gasteiger partial charge in [0.05, 0.1) is 5.92 Å². The standard InChI is InChI=1S/C27H31N5O2/c1-18(27(34)29-25-17-24(30-31-25)20-9-10-20)21-6-4-7-22(16-21)19-11-13-23(14-12-19)28-26(33)8-5-15-32(2)3/h4-8,11-14,16-18,20H,9-10,15H2,1-3H3,(H,28,33)(H2,29,30,31,34)/b8-5+. The van der Waals surface area contributed by atoms with Crippen LogP contribution in [0, 0.1) is 0 Å².